The second-order valence-electron chi connectivity index (χ2n) is 6.10. The number of benzene rings is 2. The molecule has 3 aromatic rings. The number of hydrogen-bond acceptors (Lipinski definition) is 4. The number of nitrogens with zero attached hydrogens (tertiary/aromatic N) is 1. The molecule has 2 aromatic carbocycles. The number of morpholine rings is 1. The Labute approximate surface area is 139 Å². The first-order valence-electron chi connectivity index (χ1n) is 7.97. The van der Waals surface area contributed by atoms with E-state index in [1.54, 1.807) is 11.3 Å². The molecule has 0 aliphatic carbocycles. The summed E-state index contributed by atoms with van der Waals surface area (Å²) in [5.41, 5.74) is 2.48. The number of aryl methyl sites for hydroxylation is 1. The van der Waals surface area contributed by atoms with Crippen LogP contribution in [0.25, 0.3) is 20.2 Å². The van der Waals surface area contributed by atoms with Gasteiger partial charge in [0, 0.05) is 39.8 Å². The number of fused-ring (bicyclic) bond motifs is 2. The molecule has 118 valence electrons. The van der Waals surface area contributed by atoms with Crippen LogP contribution in [0.5, 0.6) is 0 Å². The molecule has 1 aromatic heterocycles. The SMILES string of the molecule is Cc1cccc2sc3cc(CN4CCOCC4)ccc3c(=O)c12. The molecule has 1 aliphatic rings. The molecule has 1 fully saturated rings. The summed E-state index contributed by atoms with van der Waals surface area (Å²) in [7, 11) is 0. The number of hydrogen-bond donors (Lipinski definition) is 0. The van der Waals surface area contributed by atoms with Crippen molar-refractivity contribution >= 4 is 31.5 Å². The van der Waals surface area contributed by atoms with E-state index in [2.05, 4.69) is 17.0 Å². The van der Waals surface area contributed by atoms with Gasteiger partial charge >= 0.3 is 0 Å². The molecular weight excluding hydrogens is 306 g/mol. The Morgan fingerprint density at radius 1 is 1.13 bits per heavy atom. The normalized spacial score (nSPS) is 16.2. The van der Waals surface area contributed by atoms with Crippen molar-refractivity contribution in [2.75, 3.05) is 26.3 Å². The predicted octanol–water partition coefficient (Wildman–Crippen LogP) is 3.56. The lowest BCUT2D eigenvalue weighted by molar-refractivity contribution is 0.0342. The molecule has 23 heavy (non-hydrogen) atoms. The lowest BCUT2D eigenvalue weighted by Gasteiger charge is -2.26. The van der Waals surface area contributed by atoms with Crippen molar-refractivity contribution in [1.82, 2.24) is 4.90 Å². The Kier molecular flexibility index (Phi) is 3.89. The van der Waals surface area contributed by atoms with Crippen LogP contribution in [-0.2, 0) is 11.3 Å². The van der Waals surface area contributed by atoms with Gasteiger partial charge in [-0.3, -0.25) is 9.69 Å². The fraction of sp³-hybridized carbons (Fsp3) is 0.316. The Hall–Kier alpha value is -1.75. The highest BCUT2D eigenvalue weighted by Crippen LogP contribution is 2.27. The fourth-order valence-electron chi connectivity index (χ4n) is 3.22. The summed E-state index contributed by atoms with van der Waals surface area (Å²) in [4.78, 5) is 15.2. The van der Waals surface area contributed by atoms with Crippen molar-refractivity contribution in [3.05, 3.63) is 57.7 Å². The molecule has 0 N–H and O–H groups in total. The first kappa shape index (κ1) is 14.8. The quantitative estimate of drug-likeness (QED) is 0.675. The summed E-state index contributed by atoms with van der Waals surface area (Å²) >= 11 is 1.71. The van der Waals surface area contributed by atoms with Crippen molar-refractivity contribution in [2.45, 2.75) is 13.5 Å². The van der Waals surface area contributed by atoms with E-state index in [4.69, 9.17) is 4.74 Å². The van der Waals surface area contributed by atoms with E-state index in [9.17, 15) is 4.79 Å². The minimum Gasteiger partial charge on any atom is -0.379 e. The smallest absolute Gasteiger partial charge is 0.196 e. The maximum Gasteiger partial charge on any atom is 0.196 e. The average Bonchev–Trinajstić information content (AvgIpc) is 2.55. The predicted molar refractivity (Wildman–Crippen MR) is 96.4 cm³/mol. The Bertz CT molecular complexity index is 926. The maximum atomic E-state index is 12.8. The molecule has 1 aliphatic heterocycles. The van der Waals surface area contributed by atoms with E-state index in [-0.39, 0.29) is 5.43 Å². The Morgan fingerprint density at radius 2 is 1.96 bits per heavy atom. The molecule has 3 nitrogen and oxygen atoms in total. The van der Waals surface area contributed by atoms with Crippen LogP contribution in [0.2, 0.25) is 0 Å². The molecule has 4 rings (SSSR count). The molecule has 2 heterocycles. The van der Waals surface area contributed by atoms with Crippen LogP contribution in [0.4, 0.5) is 0 Å². The van der Waals surface area contributed by atoms with Gasteiger partial charge in [-0.05, 0) is 36.2 Å². The van der Waals surface area contributed by atoms with Gasteiger partial charge in [0.1, 0.15) is 0 Å². The van der Waals surface area contributed by atoms with Crippen LogP contribution < -0.4 is 5.43 Å². The Morgan fingerprint density at radius 3 is 2.78 bits per heavy atom. The van der Waals surface area contributed by atoms with Crippen molar-refractivity contribution in [1.29, 1.82) is 0 Å². The van der Waals surface area contributed by atoms with Gasteiger partial charge in [0.2, 0.25) is 0 Å². The third-order valence-electron chi connectivity index (χ3n) is 4.48. The molecule has 0 atom stereocenters. The van der Waals surface area contributed by atoms with E-state index >= 15 is 0 Å². The molecule has 0 radical (unpaired) electrons. The van der Waals surface area contributed by atoms with Crippen LogP contribution in [0, 0.1) is 6.92 Å². The van der Waals surface area contributed by atoms with Crippen LogP contribution >= 0.6 is 11.3 Å². The standard InChI is InChI=1S/C19H19NO2S/c1-13-3-2-4-16-18(13)19(21)15-6-5-14(11-17(15)23-16)12-20-7-9-22-10-8-20/h2-6,11H,7-10,12H2,1H3. The monoisotopic (exact) mass is 325 g/mol. The second kappa shape index (κ2) is 6.04. The largest absolute Gasteiger partial charge is 0.379 e. The van der Waals surface area contributed by atoms with E-state index in [1.807, 2.05) is 31.2 Å². The van der Waals surface area contributed by atoms with Crippen LogP contribution in [0.1, 0.15) is 11.1 Å². The fourth-order valence-corrected chi connectivity index (χ4v) is 4.44. The highest BCUT2D eigenvalue weighted by molar-refractivity contribution is 7.24. The molecule has 0 spiro atoms. The third kappa shape index (κ3) is 2.78. The van der Waals surface area contributed by atoms with Gasteiger partial charge in [0.15, 0.2) is 5.43 Å². The van der Waals surface area contributed by atoms with E-state index < -0.39 is 0 Å². The molecule has 0 saturated carbocycles. The zero-order chi connectivity index (χ0) is 15.8. The van der Waals surface area contributed by atoms with E-state index in [1.165, 1.54) is 5.56 Å². The summed E-state index contributed by atoms with van der Waals surface area (Å²) in [6.07, 6.45) is 0. The van der Waals surface area contributed by atoms with Crippen molar-refractivity contribution < 1.29 is 4.74 Å². The first-order valence-corrected chi connectivity index (χ1v) is 8.79. The zero-order valence-electron chi connectivity index (χ0n) is 13.2. The van der Waals surface area contributed by atoms with Crippen LogP contribution in [0.3, 0.4) is 0 Å². The van der Waals surface area contributed by atoms with Crippen molar-refractivity contribution in [3.8, 4) is 0 Å². The summed E-state index contributed by atoms with van der Waals surface area (Å²) in [5, 5.41) is 1.70. The molecule has 4 heteroatoms. The molecule has 0 bridgehead atoms. The van der Waals surface area contributed by atoms with Crippen LogP contribution in [0.15, 0.2) is 41.2 Å². The van der Waals surface area contributed by atoms with Gasteiger partial charge in [-0.25, -0.2) is 0 Å². The number of ether oxygens (including phenoxy) is 1. The summed E-state index contributed by atoms with van der Waals surface area (Å²) in [5.74, 6) is 0. The Balaban J connectivity index is 1.79. The summed E-state index contributed by atoms with van der Waals surface area (Å²) in [6.45, 7) is 6.51. The topological polar surface area (TPSA) is 29.5 Å². The molecule has 0 amide bonds. The van der Waals surface area contributed by atoms with Crippen LogP contribution in [-0.4, -0.2) is 31.2 Å². The first-order chi connectivity index (χ1) is 11.2. The van der Waals surface area contributed by atoms with E-state index in [0.29, 0.717) is 0 Å². The molecule has 0 unspecified atom stereocenters. The van der Waals surface area contributed by atoms with Gasteiger partial charge in [0.25, 0.3) is 0 Å². The van der Waals surface area contributed by atoms with Crippen molar-refractivity contribution in [3.63, 3.8) is 0 Å². The van der Waals surface area contributed by atoms with Gasteiger partial charge in [0.05, 0.1) is 13.2 Å². The number of rotatable bonds is 2. The van der Waals surface area contributed by atoms with Gasteiger partial charge < -0.3 is 4.74 Å². The molecule has 1 saturated heterocycles. The minimum absolute atomic E-state index is 0.157. The minimum atomic E-state index is 0.157. The maximum absolute atomic E-state index is 12.8. The third-order valence-corrected chi connectivity index (χ3v) is 5.60. The molecular formula is C19H19NO2S. The van der Waals surface area contributed by atoms with Gasteiger partial charge in [-0.1, -0.05) is 18.2 Å². The summed E-state index contributed by atoms with van der Waals surface area (Å²) in [6, 6.07) is 12.3. The highest BCUT2D eigenvalue weighted by Gasteiger charge is 2.12. The highest BCUT2D eigenvalue weighted by atomic mass is 32.1. The van der Waals surface area contributed by atoms with Gasteiger partial charge in [-0.15, -0.1) is 11.3 Å². The summed E-state index contributed by atoms with van der Waals surface area (Å²) < 4.78 is 7.56. The lowest BCUT2D eigenvalue weighted by atomic mass is 10.1. The average molecular weight is 325 g/mol. The lowest BCUT2D eigenvalue weighted by Crippen LogP contribution is -2.35. The van der Waals surface area contributed by atoms with Crippen molar-refractivity contribution in [2.24, 2.45) is 0 Å². The van der Waals surface area contributed by atoms with E-state index in [0.717, 1.165) is 58.6 Å². The zero-order valence-corrected chi connectivity index (χ0v) is 14.0. The van der Waals surface area contributed by atoms with Gasteiger partial charge in [-0.2, -0.15) is 0 Å². The second-order valence-corrected chi connectivity index (χ2v) is 7.18.